The van der Waals surface area contributed by atoms with Crippen LogP contribution < -0.4 is 10.6 Å². The van der Waals surface area contributed by atoms with Gasteiger partial charge in [0, 0.05) is 39.9 Å². The van der Waals surface area contributed by atoms with Crippen LogP contribution in [0.1, 0.15) is 15.9 Å². The molecular formula is C27H19Cl2N5O. The predicted octanol–water partition coefficient (Wildman–Crippen LogP) is 6.67. The topological polar surface area (TPSA) is 79.8 Å². The fourth-order valence-electron chi connectivity index (χ4n) is 3.62. The normalized spacial score (nSPS) is 10.8. The van der Waals surface area contributed by atoms with E-state index in [-0.39, 0.29) is 5.91 Å². The molecule has 0 aliphatic rings. The molecule has 0 radical (unpaired) electrons. The molecule has 8 heteroatoms. The van der Waals surface area contributed by atoms with Crippen molar-refractivity contribution in [2.24, 2.45) is 0 Å². The lowest BCUT2D eigenvalue weighted by molar-refractivity contribution is 0.0951. The minimum Gasteiger partial charge on any atom is -0.348 e. The molecule has 0 aliphatic carbocycles. The number of nitrogens with zero attached hydrogens (tertiary/aromatic N) is 3. The SMILES string of the molecule is O=C(NCc1ccc(Cl)cc1)c1ccccc1Nc1nc(-c2cccnc2)nc2ccc(Cl)cc12. The van der Waals surface area contributed by atoms with Crippen molar-refractivity contribution in [1.29, 1.82) is 0 Å². The number of carbonyl (C=O) groups excluding carboxylic acids is 1. The van der Waals surface area contributed by atoms with Crippen molar-refractivity contribution in [3.05, 3.63) is 112 Å². The summed E-state index contributed by atoms with van der Waals surface area (Å²) in [7, 11) is 0. The molecule has 0 saturated heterocycles. The number of aromatic nitrogens is 3. The van der Waals surface area contributed by atoms with E-state index in [0.29, 0.717) is 39.5 Å². The maximum absolute atomic E-state index is 13.1. The summed E-state index contributed by atoms with van der Waals surface area (Å²) in [5.41, 5.74) is 3.54. The largest absolute Gasteiger partial charge is 0.348 e. The number of anilines is 2. The van der Waals surface area contributed by atoms with E-state index < -0.39 is 0 Å². The van der Waals surface area contributed by atoms with Crippen LogP contribution in [0.4, 0.5) is 11.5 Å². The molecule has 1 amide bonds. The molecule has 5 aromatic rings. The molecule has 0 saturated carbocycles. The number of carbonyl (C=O) groups is 1. The minimum atomic E-state index is -0.216. The molecule has 2 N–H and O–H groups in total. The van der Waals surface area contributed by atoms with E-state index in [1.165, 1.54) is 0 Å². The van der Waals surface area contributed by atoms with Crippen molar-refractivity contribution < 1.29 is 4.79 Å². The zero-order valence-electron chi connectivity index (χ0n) is 18.4. The first kappa shape index (κ1) is 22.8. The Morgan fingerprint density at radius 2 is 1.66 bits per heavy atom. The summed E-state index contributed by atoms with van der Waals surface area (Å²) < 4.78 is 0. The van der Waals surface area contributed by atoms with Crippen molar-refractivity contribution in [3.63, 3.8) is 0 Å². The van der Waals surface area contributed by atoms with Gasteiger partial charge >= 0.3 is 0 Å². The highest BCUT2D eigenvalue weighted by atomic mass is 35.5. The molecule has 0 aliphatic heterocycles. The van der Waals surface area contributed by atoms with Gasteiger partial charge in [-0.1, -0.05) is 47.5 Å². The number of pyridine rings is 1. The lowest BCUT2D eigenvalue weighted by Gasteiger charge is -2.14. The maximum Gasteiger partial charge on any atom is 0.253 e. The van der Waals surface area contributed by atoms with E-state index in [9.17, 15) is 4.79 Å². The second-order valence-electron chi connectivity index (χ2n) is 7.78. The number of hydrogen-bond donors (Lipinski definition) is 2. The minimum absolute atomic E-state index is 0.216. The number of para-hydroxylation sites is 1. The number of hydrogen-bond acceptors (Lipinski definition) is 5. The maximum atomic E-state index is 13.1. The van der Waals surface area contributed by atoms with Gasteiger partial charge in [0.25, 0.3) is 5.91 Å². The van der Waals surface area contributed by atoms with Crippen molar-refractivity contribution >= 4 is 51.5 Å². The van der Waals surface area contributed by atoms with E-state index in [2.05, 4.69) is 20.6 Å². The van der Waals surface area contributed by atoms with Crippen LogP contribution in [0.3, 0.4) is 0 Å². The monoisotopic (exact) mass is 499 g/mol. The fourth-order valence-corrected chi connectivity index (χ4v) is 3.92. The molecule has 0 bridgehead atoms. The van der Waals surface area contributed by atoms with Gasteiger partial charge in [0.1, 0.15) is 5.82 Å². The first-order chi connectivity index (χ1) is 17.1. The first-order valence-corrected chi connectivity index (χ1v) is 11.6. The van der Waals surface area contributed by atoms with E-state index in [1.807, 2.05) is 48.5 Å². The van der Waals surface area contributed by atoms with Crippen LogP contribution in [0.5, 0.6) is 0 Å². The second-order valence-corrected chi connectivity index (χ2v) is 8.65. The molecule has 6 nitrogen and oxygen atoms in total. The highest BCUT2D eigenvalue weighted by Crippen LogP contribution is 2.30. The van der Waals surface area contributed by atoms with E-state index in [4.69, 9.17) is 28.2 Å². The van der Waals surface area contributed by atoms with Gasteiger partial charge in [0.05, 0.1) is 16.8 Å². The van der Waals surface area contributed by atoms with Gasteiger partial charge in [-0.15, -0.1) is 0 Å². The van der Waals surface area contributed by atoms with Gasteiger partial charge < -0.3 is 10.6 Å². The van der Waals surface area contributed by atoms with Crippen LogP contribution in [0, 0.1) is 0 Å². The van der Waals surface area contributed by atoms with Crippen molar-refractivity contribution in [1.82, 2.24) is 20.3 Å². The van der Waals surface area contributed by atoms with Crippen LogP contribution in [0.2, 0.25) is 10.0 Å². The number of amides is 1. The average Bonchev–Trinajstić information content (AvgIpc) is 2.89. The zero-order chi connectivity index (χ0) is 24.2. The quantitative estimate of drug-likeness (QED) is 0.272. The van der Waals surface area contributed by atoms with Crippen LogP contribution in [0.15, 0.2) is 91.3 Å². The number of fused-ring (bicyclic) bond motifs is 1. The van der Waals surface area contributed by atoms with Crippen LogP contribution >= 0.6 is 23.2 Å². The van der Waals surface area contributed by atoms with Crippen molar-refractivity contribution in [2.75, 3.05) is 5.32 Å². The van der Waals surface area contributed by atoms with E-state index in [0.717, 1.165) is 22.0 Å². The number of halogens is 2. The molecule has 3 aromatic carbocycles. The highest BCUT2D eigenvalue weighted by molar-refractivity contribution is 6.31. The second kappa shape index (κ2) is 10.1. The molecule has 5 rings (SSSR count). The average molecular weight is 500 g/mol. The van der Waals surface area contributed by atoms with E-state index in [1.54, 1.807) is 42.7 Å². The Bertz CT molecular complexity index is 1510. The lowest BCUT2D eigenvalue weighted by Crippen LogP contribution is -2.23. The molecule has 172 valence electrons. The third-order valence-electron chi connectivity index (χ3n) is 5.37. The van der Waals surface area contributed by atoms with Crippen LogP contribution in [0.25, 0.3) is 22.3 Å². The summed E-state index contributed by atoms with van der Waals surface area (Å²) >= 11 is 12.2. The highest BCUT2D eigenvalue weighted by Gasteiger charge is 2.15. The molecule has 2 aromatic heterocycles. The molecule has 0 spiro atoms. The van der Waals surface area contributed by atoms with E-state index >= 15 is 0 Å². The number of nitrogens with one attached hydrogen (secondary N) is 2. The molecular weight excluding hydrogens is 481 g/mol. The Morgan fingerprint density at radius 1 is 0.857 bits per heavy atom. The van der Waals surface area contributed by atoms with Gasteiger partial charge in [-0.3, -0.25) is 9.78 Å². The third kappa shape index (κ3) is 5.24. The van der Waals surface area contributed by atoms with Gasteiger partial charge in [0.15, 0.2) is 5.82 Å². The Kier molecular flexibility index (Phi) is 6.57. The van der Waals surface area contributed by atoms with Crippen LogP contribution in [-0.4, -0.2) is 20.9 Å². The molecule has 0 atom stereocenters. The molecule has 2 heterocycles. The van der Waals surface area contributed by atoms with Crippen molar-refractivity contribution in [2.45, 2.75) is 6.54 Å². The predicted molar refractivity (Wildman–Crippen MR) is 140 cm³/mol. The van der Waals surface area contributed by atoms with Crippen molar-refractivity contribution in [3.8, 4) is 11.4 Å². The summed E-state index contributed by atoms with van der Waals surface area (Å²) in [4.78, 5) is 26.7. The van der Waals surface area contributed by atoms with Crippen LogP contribution in [-0.2, 0) is 6.54 Å². The van der Waals surface area contributed by atoms with Gasteiger partial charge in [-0.2, -0.15) is 0 Å². The summed E-state index contributed by atoms with van der Waals surface area (Å²) in [5, 5.41) is 8.24. The fraction of sp³-hybridized carbons (Fsp3) is 0.0370. The first-order valence-electron chi connectivity index (χ1n) is 10.8. The Morgan fingerprint density at radius 3 is 2.46 bits per heavy atom. The number of rotatable bonds is 6. The Balaban J connectivity index is 1.48. The van der Waals surface area contributed by atoms with Gasteiger partial charge in [-0.05, 0) is 60.2 Å². The standard InChI is InChI=1S/C27H19Cl2N5O/c28-19-9-7-17(8-10-19)15-31-27(35)21-5-1-2-6-23(21)33-26-22-14-20(29)11-12-24(22)32-25(34-26)18-4-3-13-30-16-18/h1-14,16H,15H2,(H,31,35)(H,32,33,34). The summed E-state index contributed by atoms with van der Waals surface area (Å²) in [6.07, 6.45) is 3.40. The smallest absolute Gasteiger partial charge is 0.253 e. The molecule has 0 unspecified atom stereocenters. The molecule has 0 fully saturated rings. The summed E-state index contributed by atoms with van der Waals surface area (Å²) in [6.45, 7) is 0.377. The molecule has 35 heavy (non-hydrogen) atoms. The summed E-state index contributed by atoms with van der Waals surface area (Å²) in [6, 6.07) is 23.8. The zero-order valence-corrected chi connectivity index (χ0v) is 19.9. The van der Waals surface area contributed by atoms with Gasteiger partial charge in [0.2, 0.25) is 0 Å². The third-order valence-corrected chi connectivity index (χ3v) is 5.86. The Labute approximate surface area is 212 Å². The lowest BCUT2D eigenvalue weighted by atomic mass is 10.1. The number of benzene rings is 3. The van der Waals surface area contributed by atoms with Gasteiger partial charge in [-0.25, -0.2) is 9.97 Å². The Hall–Kier alpha value is -4.00. The summed E-state index contributed by atoms with van der Waals surface area (Å²) in [5.74, 6) is 0.835.